The SMILES string of the molecule is CC(=O)CC1(O)CCN(CCCCCc2ccc3c(n2)CCCC3)CC1. The van der Waals surface area contributed by atoms with Gasteiger partial charge in [-0.25, -0.2) is 0 Å². The van der Waals surface area contributed by atoms with Crippen molar-refractivity contribution in [1.82, 2.24) is 9.88 Å². The highest BCUT2D eigenvalue weighted by atomic mass is 16.3. The zero-order valence-corrected chi connectivity index (χ0v) is 16.3. The molecule has 0 atom stereocenters. The molecular weight excluding hydrogens is 324 g/mol. The van der Waals surface area contributed by atoms with Crippen molar-refractivity contribution in [3.63, 3.8) is 0 Å². The van der Waals surface area contributed by atoms with E-state index in [1.807, 2.05) is 0 Å². The van der Waals surface area contributed by atoms with E-state index in [-0.39, 0.29) is 5.78 Å². The highest BCUT2D eigenvalue weighted by Crippen LogP contribution is 2.26. The largest absolute Gasteiger partial charge is 0.389 e. The third kappa shape index (κ3) is 5.62. The topological polar surface area (TPSA) is 53.4 Å². The van der Waals surface area contributed by atoms with E-state index < -0.39 is 5.60 Å². The molecule has 144 valence electrons. The van der Waals surface area contributed by atoms with Gasteiger partial charge in [0, 0.05) is 30.9 Å². The molecule has 1 fully saturated rings. The number of hydrogen-bond donors (Lipinski definition) is 1. The summed E-state index contributed by atoms with van der Waals surface area (Å²) in [6.45, 7) is 4.50. The molecule has 0 spiro atoms. The Morgan fingerprint density at radius 2 is 1.92 bits per heavy atom. The number of nitrogens with zero attached hydrogens (tertiary/aromatic N) is 2. The van der Waals surface area contributed by atoms with Gasteiger partial charge < -0.3 is 10.0 Å². The molecule has 0 unspecified atom stereocenters. The van der Waals surface area contributed by atoms with Crippen molar-refractivity contribution in [2.24, 2.45) is 0 Å². The van der Waals surface area contributed by atoms with Gasteiger partial charge in [-0.2, -0.15) is 0 Å². The highest BCUT2D eigenvalue weighted by molar-refractivity contribution is 5.76. The molecule has 4 heteroatoms. The Bertz CT molecular complexity index is 606. The first-order chi connectivity index (χ1) is 12.5. The molecular formula is C22H34N2O2. The molecule has 0 bridgehead atoms. The average Bonchev–Trinajstić information content (AvgIpc) is 2.62. The van der Waals surface area contributed by atoms with Crippen LogP contribution in [0.3, 0.4) is 0 Å². The van der Waals surface area contributed by atoms with Crippen LogP contribution < -0.4 is 0 Å². The van der Waals surface area contributed by atoms with Crippen LogP contribution in [-0.4, -0.2) is 46.0 Å². The van der Waals surface area contributed by atoms with E-state index in [0.29, 0.717) is 6.42 Å². The van der Waals surface area contributed by atoms with Crippen LogP contribution in [-0.2, 0) is 24.1 Å². The summed E-state index contributed by atoms with van der Waals surface area (Å²) in [6, 6.07) is 4.53. The number of pyridine rings is 1. The van der Waals surface area contributed by atoms with Crippen LogP contribution in [0.4, 0.5) is 0 Å². The molecule has 0 saturated carbocycles. The number of fused-ring (bicyclic) bond motifs is 1. The number of hydrogen-bond acceptors (Lipinski definition) is 4. The summed E-state index contributed by atoms with van der Waals surface area (Å²) in [5.41, 5.74) is 3.33. The smallest absolute Gasteiger partial charge is 0.132 e. The molecule has 1 N–H and O–H groups in total. The monoisotopic (exact) mass is 358 g/mol. The van der Waals surface area contributed by atoms with E-state index in [2.05, 4.69) is 17.0 Å². The Kier molecular flexibility index (Phi) is 6.82. The lowest BCUT2D eigenvalue weighted by molar-refractivity contribution is -0.124. The third-order valence-corrected chi connectivity index (χ3v) is 6.01. The average molecular weight is 359 g/mol. The van der Waals surface area contributed by atoms with Crippen molar-refractivity contribution in [1.29, 1.82) is 0 Å². The van der Waals surface area contributed by atoms with Gasteiger partial charge in [0.15, 0.2) is 0 Å². The van der Waals surface area contributed by atoms with Gasteiger partial charge in [-0.05, 0) is 82.9 Å². The first kappa shape index (κ1) is 19.5. The predicted octanol–water partition coefficient (Wildman–Crippen LogP) is 3.48. The number of unbranched alkanes of at least 4 members (excludes halogenated alkanes) is 2. The Morgan fingerprint density at radius 1 is 1.15 bits per heavy atom. The maximum Gasteiger partial charge on any atom is 0.132 e. The number of ketones is 1. The molecule has 3 rings (SSSR count). The number of rotatable bonds is 8. The van der Waals surface area contributed by atoms with Crippen molar-refractivity contribution < 1.29 is 9.90 Å². The lowest BCUT2D eigenvalue weighted by Crippen LogP contribution is -2.45. The molecule has 1 aromatic rings. The normalized spacial score (nSPS) is 19.9. The van der Waals surface area contributed by atoms with Crippen molar-refractivity contribution >= 4 is 5.78 Å². The minimum Gasteiger partial charge on any atom is -0.389 e. The second-order valence-electron chi connectivity index (χ2n) is 8.37. The first-order valence-electron chi connectivity index (χ1n) is 10.5. The summed E-state index contributed by atoms with van der Waals surface area (Å²) in [7, 11) is 0. The lowest BCUT2D eigenvalue weighted by atomic mass is 9.87. The van der Waals surface area contributed by atoms with Crippen molar-refractivity contribution in [3.8, 4) is 0 Å². The lowest BCUT2D eigenvalue weighted by Gasteiger charge is -2.37. The minimum atomic E-state index is -0.750. The maximum absolute atomic E-state index is 11.3. The predicted molar refractivity (Wildman–Crippen MR) is 104 cm³/mol. The second kappa shape index (κ2) is 9.09. The molecule has 2 heterocycles. The molecule has 2 aliphatic rings. The molecule has 0 amide bonds. The first-order valence-corrected chi connectivity index (χ1v) is 10.5. The fraction of sp³-hybridized carbons (Fsp3) is 0.727. The molecule has 1 aliphatic heterocycles. The Labute approximate surface area is 158 Å². The summed E-state index contributed by atoms with van der Waals surface area (Å²) in [6.07, 6.45) is 11.5. The number of piperidine rings is 1. The molecule has 1 aliphatic carbocycles. The molecule has 0 radical (unpaired) electrons. The van der Waals surface area contributed by atoms with Gasteiger partial charge in [0.2, 0.25) is 0 Å². The molecule has 1 saturated heterocycles. The van der Waals surface area contributed by atoms with Gasteiger partial charge in [0.25, 0.3) is 0 Å². The van der Waals surface area contributed by atoms with Gasteiger partial charge in [0.05, 0.1) is 5.60 Å². The number of Topliss-reactive ketones (excluding diaryl/α,β-unsaturated/α-hetero) is 1. The van der Waals surface area contributed by atoms with Crippen molar-refractivity contribution in [2.75, 3.05) is 19.6 Å². The number of aryl methyl sites for hydroxylation is 3. The minimum absolute atomic E-state index is 0.0942. The van der Waals surface area contributed by atoms with Crippen LogP contribution in [0.5, 0.6) is 0 Å². The van der Waals surface area contributed by atoms with Crippen LogP contribution in [0.15, 0.2) is 12.1 Å². The van der Waals surface area contributed by atoms with E-state index in [1.54, 1.807) is 6.92 Å². The quantitative estimate of drug-likeness (QED) is 0.723. The fourth-order valence-electron chi connectivity index (χ4n) is 4.42. The van der Waals surface area contributed by atoms with Gasteiger partial charge >= 0.3 is 0 Å². The summed E-state index contributed by atoms with van der Waals surface area (Å²) in [5.74, 6) is 0.0942. The van der Waals surface area contributed by atoms with Crippen LogP contribution in [0.2, 0.25) is 0 Å². The summed E-state index contributed by atoms with van der Waals surface area (Å²) < 4.78 is 0. The van der Waals surface area contributed by atoms with E-state index in [1.165, 1.54) is 55.5 Å². The zero-order valence-electron chi connectivity index (χ0n) is 16.3. The number of aliphatic hydroxyl groups is 1. The number of aromatic nitrogens is 1. The van der Waals surface area contributed by atoms with Crippen molar-refractivity contribution in [2.45, 2.75) is 83.2 Å². The fourth-order valence-corrected chi connectivity index (χ4v) is 4.42. The van der Waals surface area contributed by atoms with Crippen LogP contribution in [0, 0.1) is 0 Å². The molecule has 4 nitrogen and oxygen atoms in total. The standard InChI is InChI=1S/C22H34N2O2/c1-18(25)17-22(26)12-15-24(16-13-22)14-6-2-3-8-20-11-10-19-7-4-5-9-21(19)23-20/h10-11,26H,2-9,12-17H2,1H3. The Hall–Kier alpha value is -1.26. The van der Waals surface area contributed by atoms with Crippen LogP contribution >= 0.6 is 0 Å². The molecule has 1 aromatic heterocycles. The van der Waals surface area contributed by atoms with Crippen LogP contribution in [0.1, 0.15) is 75.2 Å². The van der Waals surface area contributed by atoms with Gasteiger partial charge in [-0.3, -0.25) is 9.78 Å². The number of carbonyl (C=O) groups excluding carboxylic acids is 1. The van der Waals surface area contributed by atoms with E-state index >= 15 is 0 Å². The molecule has 26 heavy (non-hydrogen) atoms. The van der Waals surface area contributed by atoms with E-state index in [9.17, 15) is 9.90 Å². The van der Waals surface area contributed by atoms with Gasteiger partial charge in [-0.15, -0.1) is 0 Å². The Morgan fingerprint density at radius 3 is 2.69 bits per heavy atom. The number of likely N-dealkylation sites (tertiary alicyclic amines) is 1. The Balaban J connectivity index is 1.31. The van der Waals surface area contributed by atoms with Gasteiger partial charge in [-0.1, -0.05) is 12.5 Å². The van der Waals surface area contributed by atoms with E-state index in [0.717, 1.165) is 45.3 Å². The summed E-state index contributed by atoms with van der Waals surface area (Å²) in [4.78, 5) is 18.6. The van der Waals surface area contributed by atoms with Crippen molar-refractivity contribution in [3.05, 3.63) is 29.1 Å². The van der Waals surface area contributed by atoms with E-state index in [4.69, 9.17) is 4.98 Å². The van der Waals surface area contributed by atoms with Crippen LogP contribution in [0.25, 0.3) is 0 Å². The third-order valence-electron chi connectivity index (χ3n) is 6.01. The second-order valence-corrected chi connectivity index (χ2v) is 8.37. The number of carbonyl (C=O) groups is 1. The molecule has 0 aromatic carbocycles. The zero-order chi connectivity index (χ0) is 18.4. The summed E-state index contributed by atoms with van der Waals surface area (Å²) in [5, 5.41) is 10.4. The maximum atomic E-state index is 11.3. The van der Waals surface area contributed by atoms with Gasteiger partial charge in [0.1, 0.15) is 5.78 Å². The highest BCUT2D eigenvalue weighted by Gasteiger charge is 2.32. The summed E-state index contributed by atoms with van der Waals surface area (Å²) >= 11 is 0.